The van der Waals surface area contributed by atoms with Gasteiger partial charge in [0.05, 0.1) is 17.9 Å². The number of nitrogens with two attached hydrogens (primary N) is 1. The summed E-state index contributed by atoms with van der Waals surface area (Å²) in [6.45, 7) is 1.84. The highest BCUT2D eigenvalue weighted by Crippen LogP contribution is 2.27. The summed E-state index contributed by atoms with van der Waals surface area (Å²) in [5.41, 5.74) is 6.65. The van der Waals surface area contributed by atoms with E-state index < -0.39 is 10.0 Å². The van der Waals surface area contributed by atoms with Crippen molar-refractivity contribution in [3.05, 3.63) is 35.8 Å². The number of anilines is 1. The second-order valence-electron chi connectivity index (χ2n) is 4.01. The Labute approximate surface area is 116 Å². The minimum Gasteiger partial charge on any atom is -0.375 e. The number of thiazole rings is 1. The molecule has 0 saturated carbocycles. The fourth-order valence-electron chi connectivity index (χ4n) is 1.59. The fraction of sp³-hybridized carbons (Fsp3) is 0.273. The number of aromatic nitrogens is 2. The maximum Gasteiger partial charge on any atom is 0.254 e. The van der Waals surface area contributed by atoms with Crippen molar-refractivity contribution in [1.29, 1.82) is 0 Å². The van der Waals surface area contributed by atoms with E-state index in [0.29, 0.717) is 11.4 Å². The Bertz CT molecular complexity index is 667. The van der Waals surface area contributed by atoms with E-state index in [1.807, 2.05) is 6.07 Å². The first-order chi connectivity index (χ1) is 8.91. The summed E-state index contributed by atoms with van der Waals surface area (Å²) >= 11 is 0.977. The van der Waals surface area contributed by atoms with Crippen LogP contribution in [0.25, 0.3) is 0 Å². The van der Waals surface area contributed by atoms with Gasteiger partial charge in [-0.1, -0.05) is 17.4 Å². The van der Waals surface area contributed by atoms with Crippen molar-refractivity contribution in [1.82, 2.24) is 14.3 Å². The predicted octanol–water partition coefficient (Wildman–Crippen LogP) is 1.25. The first-order valence-corrected chi connectivity index (χ1v) is 7.76. The van der Waals surface area contributed by atoms with E-state index in [-0.39, 0.29) is 15.9 Å². The number of nitrogen functional groups attached to an aromatic ring is 1. The molecule has 2 aromatic heterocycles. The van der Waals surface area contributed by atoms with E-state index in [2.05, 4.69) is 9.97 Å². The molecule has 0 aliphatic rings. The van der Waals surface area contributed by atoms with Crippen LogP contribution >= 0.6 is 11.3 Å². The third kappa shape index (κ3) is 2.91. The predicted molar refractivity (Wildman–Crippen MR) is 74.2 cm³/mol. The van der Waals surface area contributed by atoms with Gasteiger partial charge in [-0.05, 0) is 19.1 Å². The molecule has 0 aromatic carbocycles. The summed E-state index contributed by atoms with van der Waals surface area (Å²) < 4.78 is 26.2. The highest BCUT2D eigenvalue weighted by Gasteiger charge is 2.26. The molecule has 102 valence electrons. The molecule has 2 aromatic rings. The van der Waals surface area contributed by atoms with Crippen LogP contribution < -0.4 is 5.73 Å². The van der Waals surface area contributed by atoms with Gasteiger partial charge in [0, 0.05) is 13.2 Å². The van der Waals surface area contributed by atoms with Crippen LogP contribution in [-0.2, 0) is 16.6 Å². The second-order valence-corrected chi connectivity index (χ2v) is 7.28. The lowest BCUT2D eigenvalue weighted by Crippen LogP contribution is -2.26. The SMILES string of the molecule is Cc1nc(N)sc1S(=O)(=O)N(C)Cc1ccccn1. The Morgan fingerprint density at radius 2 is 2.16 bits per heavy atom. The van der Waals surface area contributed by atoms with Gasteiger partial charge in [0.2, 0.25) is 0 Å². The number of hydrogen-bond acceptors (Lipinski definition) is 6. The largest absolute Gasteiger partial charge is 0.375 e. The molecule has 6 nitrogen and oxygen atoms in total. The van der Waals surface area contributed by atoms with Crippen molar-refractivity contribution in [3.8, 4) is 0 Å². The van der Waals surface area contributed by atoms with Gasteiger partial charge in [-0.2, -0.15) is 4.31 Å². The molecule has 0 atom stereocenters. The molecule has 0 radical (unpaired) electrons. The molecule has 2 N–H and O–H groups in total. The highest BCUT2D eigenvalue weighted by molar-refractivity contribution is 7.91. The van der Waals surface area contributed by atoms with E-state index in [1.165, 1.54) is 11.4 Å². The lowest BCUT2D eigenvalue weighted by Gasteiger charge is -2.15. The Kier molecular flexibility index (Phi) is 3.83. The molecule has 0 amide bonds. The van der Waals surface area contributed by atoms with E-state index in [0.717, 1.165) is 11.3 Å². The third-order valence-electron chi connectivity index (χ3n) is 2.53. The van der Waals surface area contributed by atoms with E-state index in [1.54, 1.807) is 25.3 Å². The topological polar surface area (TPSA) is 89.2 Å². The number of aryl methyl sites for hydroxylation is 1. The fourth-order valence-corrected chi connectivity index (χ4v) is 4.22. The first-order valence-electron chi connectivity index (χ1n) is 5.50. The summed E-state index contributed by atoms with van der Waals surface area (Å²) in [4.78, 5) is 8.05. The zero-order valence-corrected chi connectivity index (χ0v) is 12.2. The molecule has 0 spiro atoms. The van der Waals surface area contributed by atoms with Gasteiger partial charge in [-0.15, -0.1) is 0 Å². The normalized spacial score (nSPS) is 11.9. The van der Waals surface area contributed by atoms with Crippen LogP contribution in [0.2, 0.25) is 0 Å². The minimum absolute atomic E-state index is 0.184. The summed E-state index contributed by atoms with van der Waals surface area (Å²) in [6.07, 6.45) is 1.63. The van der Waals surface area contributed by atoms with Gasteiger partial charge in [-0.3, -0.25) is 4.98 Å². The molecule has 2 rings (SSSR count). The minimum atomic E-state index is -3.58. The van der Waals surface area contributed by atoms with Gasteiger partial charge in [-0.25, -0.2) is 13.4 Å². The zero-order valence-electron chi connectivity index (χ0n) is 10.6. The highest BCUT2D eigenvalue weighted by atomic mass is 32.2. The van der Waals surface area contributed by atoms with Crippen LogP contribution in [0.5, 0.6) is 0 Å². The van der Waals surface area contributed by atoms with E-state index >= 15 is 0 Å². The molecule has 0 aliphatic carbocycles. The Balaban J connectivity index is 2.27. The number of rotatable bonds is 4. The monoisotopic (exact) mass is 298 g/mol. The Morgan fingerprint density at radius 3 is 2.68 bits per heavy atom. The smallest absolute Gasteiger partial charge is 0.254 e. The van der Waals surface area contributed by atoms with Gasteiger partial charge in [0.15, 0.2) is 9.34 Å². The second kappa shape index (κ2) is 5.24. The average Bonchev–Trinajstić information content (AvgIpc) is 2.70. The summed E-state index contributed by atoms with van der Waals surface area (Å²) in [5.74, 6) is 0. The van der Waals surface area contributed by atoms with Crippen molar-refractivity contribution in [2.45, 2.75) is 17.7 Å². The van der Waals surface area contributed by atoms with Gasteiger partial charge in [0.1, 0.15) is 0 Å². The molecular formula is C11H14N4O2S2. The standard InChI is InChI=1S/C11H14N4O2S2/c1-8-10(18-11(12)14-8)19(16,17)15(2)7-9-5-3-4-6-13-9/h3-6H,7H2,1-2H3,(H2,12,14). The quantitative estimate of drug-likeness (QED) is 0.917. The van der Waals surface area contributed by atoms with Gasteiger partial charge in [0.25, 0.3) is 10.0 Å². The molecule has 0 aliphatic heterocycles. The van der Waals surface area contributed by atoms with Gasteiger partial charge < -0.3 is 5.73 Å². The summed E-state index contributed by atoms with van der Waals surface area (Å²) in [7, 11) is -2.06. The average molecular weight is 298 g/mol. The van der Waals surface area contributed by atoms with E-state index in [4.69, 9.17) is 5.73 Å². The van der Waals surface area contributed by atoms with Crippen molar-refractivity contribution < 1.29 is 8.42 Å². The zero-order chi connectivity index (χ0) is 14.0. The van der Waals surface area contributed by atoms with Crippen LogP contribution in [0, 0.1) is 6.92 Å². The number of pyridine rings is 1. The lowest BCUT2D eigenvalue weighted by molar-refractivity contribution is 0.463. The van der Waals surface area contributed by atoms with Crippen molar-refractivity contribution >= 4 is 26.5 Å². The Morgan fingerprint density at radius 1 is 1.42 bits per heavy atom. The Hall–Kier alpha value is -1.51. The molecule has 0 fully saturated rings. The van der Waals surface area contributed by atoms with Crippen LogP contribution in [0.1, 0.15) is 11.4 Å². The number of nitrogens with zero attached hydrogens (tertiary/aromatic N) is 3. The molecule has 19 heavy (non-hydrogen) atoms. The van der Waals surface area contributed by atoms with Gasteiger partial charge >= 0.3 is 0 Å². The maximum atomic E-state index is 12.4. The summed E-state index contributed by atoms with van der Waals surface area (Å²) in [5, 5.41) is 0.252. The third-order valence-corrected chi connectivity index (χ3v) is 5.90. The molecule has 8 heteroatoms. The van der Waals surface area contributed by atoms with Crippen molar-refractivity contribution in [2.24, 2.45) is 0 Å². The van der Waals surface area contributed by atoms with Crippen LogP contribution in [0.15, 0.2) is 28.6 Å². The maximum absolute atomic E-state index is 12.4. The van der Waals surface area contributed by atoms with Crippen LogP contribution in [0.3, 0.4) is 0 Å². The van der Waals surface area contributed by atoms with Crippen LogP contribution in [0.4, 0.5) is 5.13 Å². The molecule has 0 unspecified atom stereocenters. The van der Waals surface area contributed by atoms with Crippen LogP contribution in [-0.4, -0.2) is 29.7 Å². The van der Waals surface area contributed by atoms with E-state index in [9.17, 15) is 8.42 Å². The molecule has 2 heterocycles. The number of sulfonamides is 1. The van der Waals surface area contributed by atoms with Crippen molar-refractivity contribution in [3.63, 3.8) is 0 Å². The first kappa shape index (κ1) is 13.9. The number of hydrogen-bond donors (Lipinski definition) is 1. The molecular weight excluding hydrogens is 284 g/mol. The molecule has 0 saturated heterocycles. The lowest BCUT2D eigenvalue weighted by atomic mass is 10.3. The molecule has 0 bridgehead atoms. The van der Waals surface area contributed by atoms with Crippen molar-refractivity contribution in [2.75, 3.05) is 12.8 Å². The summed E-state index contributed by atoms with van der Waals surface area (Å²) in [6, 6.07) is 5.38.